The molecule has 0 bridgehead atoms. The van der Waals surface area contributed by atoms with E-state index < -0.39 is 0 Å². The number of nitriles is 2. The monoisotopic (exact) mass is 416 g/mol. The van der Waals surface area contributed by atoms with Crippen LogP contribution in [0.3, 0.4) is 0 Å². The molecular formula is C28H52N2. The third-order valence-electron chi connectivity index (χ3n) is 10.1. The molecule has 0 radical (unpaired) electrons. The van der Waals surface area contributed by atoms with E-state index >= 15 is 0 Å². The van der Waals surface area contributed by atoms with Crippen molar-refractivity contribution in [1.82, 2.24) is 0 Å². The van der Waals surface area contributed by atoms with Gasteiger partial charge in [-0.25, -0.2) is 0 Å². The molecule has 174 valence electrons. The Labute approximate surface area is 189 Å². The third-order valence-corrected chi connectivity index (χ3v) is 10.1. The van der Waals surface area contributed by atoms with E-state index in [4.69, 9.17) is 0 Å². The molecule has 0 saturated heterocycles. The first kappa shape index (κ1) is 29.0. The van der Waals surface area contributed by atoms with Crippen molar-refractivity contribution in [1.29, 1.82) is 10.5 Å². The van der Waals surface area contributed by atoms with E-state index in [9.17, 15) is 10.5 Å². The molecule has 0 N–H and O–H groups in total. The molecule has 0 rings (SSSR count). The fourth-order valence-corrected chi connectivity index (χ4v) is 6.29. The van der Waals surface area contributed by atoms with E-state index in [1.807, 2.05) is 0 Å². The molecule has 0 spiro atoms. The summed E-state index contributed by atoms with van der Waals surface area (Å²) in [6.45, 7) is 22.8. The molecule has 0 aromatic heterocycles. The summed E-state index contributed by atoms with van der Waals surface area (Å²) >= 11 is 0. The summed E-state index contributed by atoms with van der Waals surface area (Å²) in [5.74, 6) is 0.0686. The molecule has 0 fully saturated rings. The lowest BCUT2D eigenvalue weighted by atomic mass is 9.47. The summed E-state index contributed by atoms with van der Waals surface area (Å²) in [6.07, 6.45) is 10.3. The first-order chi connectivity index (χ1) is 14.1. The molecule has 2 nitrogen and oxygen atoms in total. The molecule has 2 atom stereocenters. The predicted molar refractivity (Wildman–Crippen MR) is 131 cm³/mol. The van der Waals surface area contributed by atoms with Crippen LogP contribution in [0.1, 0.15) is 133 Å². The number of hydrogen-bond acceptors (Lipinski definition) is 2. The molecule has 2 unspecified atom stereocenters. The largest absolute Gasteiger partial charge is 0.198 e. The molecule has 0 saturated carbocycles. The van der Waals surface area contributed by atoms with Crippen molar-refractivity contribution in [2.45, 2.75) is 133 Å². The minimum atomic E-state index is -0.0473. The molecule has 2 heteroatoms. The van der Waals surface area contributed by atoms with Crippen LogP contribution in [0, 0.1) is 56.2 Å². The minimum absolute atomic E-state index is 0.0191. The molecule has 0 aromatic rings. The van der Waals surface area contributed by atoms with Gasteiger partial charge in [0.25, 0.3) is 0 Å². The van der Waals surface area contributed by atoms with E-state index in [2.05, 4.69) is 81.4 Å². The van der Waals surface area contributed by atoms with Crippen LogP contribution in [-0.4, -0.2) is 0 Å². The van der Waals surface area contributed by atoms with Crippen molar-refractivity contribution in [2.75, 3.05) is 0 Å². The quantitative estimate of drug-likeness (QED) is 0.267. The van der Waals surface area contributed by atoms with Crippen molar-refractivity contribution in [2.24, 2.45) is 33.5 Å². The number of rotatable bonds is 15. The fourth-order valence-electron chi connectivity index (χ4n) is 6.29. The Kier molecular flexibility index (Phi) is 11.7. The van der Waals surface area contributed by atoms with Crippen molar-refractivity contribution in [3.63, 3.8) is 0 Å². The van der Waals surface area contributed by atoms with Crippen LogP contribution >= 0.6 is 0 Å². The molecule has 30 heavy (non-hydrogen) atoms. The Morgan fingerprint density at radius 3 is 1.27 bits per heavy atom. The van der Waals surface area contributed by atoms with Crippen molar-refractivity contribution >= 4 is 0 Å². The van der Waals surface area contributed by atoms with Crippen molar-refractivity contribution in [3.05, 3.63) is 0 Å². The third kappa shape index (κ3) is 5.42. The standard InChI is InChI=1S/C28H52N2/c1-11-25(9,12-2)19-24(22-30)28(17-7,18-8)27(15-5,16-6)20-23(21-29)26(10,13-3)14-4/h23-24H,11-20H2,1-10H3. The first-order valence-corrected chi connectivity index (χ1v) is 12.9. The Morgan fingerprint density at radius 1 is 0.567 bits per heavy atom. The molecule has 0 aromatic carbocycles. The molecule has 0 amide bonds. The zero-order valence-electron chi connectivity index (χ0n) is 22.1. The van der Waals surface area contributed by atoms with E-state index in [1.54, 1.807) is 0 Å². The zero-order valence-corrected chi connectivity index (χ0v) is 22.1. The SMILES string of the molecule is CCC(C)(CC)CC(C#N)C(CC)(CC)C(CC)(CC)CC(C#N)C(C)(CC)CC. The maximum absolute atomic E-state index is 10.5. The highest BCUT2D eigenvalue weighted by molar-refractivity contribution is 5.10. The Bertz CT molecular complexity index is 560. The number of hydrogen-bond donors (Lipinski definition) is 0. The topological polar surface area (TPSA) is 47.6 Å². The molecule has 0 heterocycles. The van der Waals surface area contributed by atoms with Gasteiger partial charge in [-0.05, 0) is 73.0 Å². The molecular weight excluding hydrogens is 364 g/mol. The van der Waals surface area contributed by atoms with Crippen molar-refractivity contribution in [3.8, 4) is 12.1 Å². The lowest BCUT2D eigenvalue weighted by Crippen LogP contribution is -2.49. The van der Waals surface area contributed by atoms with Gasteiger partial charge in [0, 0.05) is 0 Å². The van der Waals surface area contributed by atoms with E-state index in [1.165, 1.54) is 0 Å². The van der Waals surface area contributed by atoms with Crippen LogP contribution in [-0.2, 0) is 0 Å². The molecule has 0 aliphatic heterocycles. The summed E-state index contributed by atoms with van der Waals surface area (Å²) in [4.78, 5) is 0. The van der Waals surface area contributed by atoms with Gasteiger partial charge in [-0.1, -0.05) is 82.1 Å². The van der Waals surface area contributed by atoms with Crippen LogP contribution in [0.4, 0.5) is 0 Å². The second kappa shape index (κ2) is 12.1. The lowest BCUT2D eigenvalue weighted by Gasteiger charge is -2.55. The van der Waals surface area contributed by atoms with Gasteiger partial charge in [0.1, 0.15) is 0 Å². The zero-order chi connectivity index (χ0) is 23.6. The van der Waals surface area contributed by atoms with Gasteiger partial charge in [0.2, 0.25) is 0 Å². The maximum atomic E-state index is 10.5. The average Bonchev–Trinajstić information content (AvgIpc) is 2.80. The normalized spacial score (nSPS) is 15.3. The van der Waals surface area contributed by atoms with Gasteiger partial charge in [0.05, 0.1) is 24.0 Å². The van der Waals surface area contributed by atoms with Gasteiger partial charge >= 0.3 is 0 Å². The lowest BCUT2D eigenvalue weighted by molar-refractivity contribution is -0.0603. The van der Waals surface area contributed by atoms with Gasteiger partial charge in [-0.15, -0.1) is 0 Å². The maximum Gasteiger partial charge on any atom is 0.0662 e. The summed E-state index contributed by atoms with van der Waals surface area (Å²) in [7, 11) is 0. The summed E-state index contributed by atoms with van der Waals surface area (Å²) in [5.41, 5.74) is 0.222. The predicted octanol–water partition coefficient (Wildman–Crippen LogP) is 9.31. The highest BCUT2D eigenvalue weighted by Crippen LogP contribution is 2.61. The Balaban J connectivity index is 6.58. The summed E-state index contributed by atoms with van der Waals surface area (Å²) in [5, 5.41) is 20.7. The van der Waals surface area contributed by atoms with Gasteiger partial charge in [-0.2, -0.15) is 10.5 Å². The van der Waals surface area contributed by atoms with Gasteiger partial charge < -0.3 is 0 Å². The molecule has 0 aliphatic rings. The van der Waals surface area contributed by atoms with Gasteiger partial charge in [0.15, 0.2) is 0 Å². The summed E-state index contributed by atoms with van der Waals surface area (Å²) in [6, 6.07) is 5.55. The van der Waals surface area contributed by atoms with Crippen LogP contribution < -0.4 is 0 Å². The second-order valence-corrected chi connectivity index (χ2v) is 10.5. The fraction of sp³-hybridized carbons (Fsp3) is 0.929. The highest BCUT2D eigenvalue weighted by atomic mass is 14.6. The minimum Gasteiger partial charge on any atom is -0.198 e. The smallest absolute Gasteiger partial charge is 0.0662 e. The molecule has 0 aliphatic carbocycles. The van der Waals surface area contributed by atoms with Crippen LogP contribution in [0.2, 0.25) is 0 Å². The van der Waals surface area contributed by atoms with E-state index in [0.29, 0.717) is 0 Å². The second-order valence-electron chi connectivity index (χ2n) is 10.5. The van der Waals surface area contributed by atoms with Crippen LogP contribution in [0.5, 0.6) is 0 Å². The Hall–Kier alpha value is -1.02. The van der Waals surface area contributed by atoms with Crippen molar-refractivity contribution < 1.29 is 0 Å². The first-order valence-electron chi connectivity index (χ1n) is 12.9. The van der Waals surface area contributed by atoms with E-state index in [-0.39, 0.29) is 33.5 Å². The summed E-state index contributed by atoms with van der Waals surface area (Å²) < 4.78 is 0. The van der Waals surface area contributed by atoms with Crippen LogP contribution in [0.15, 0.2) is 0 Å². The van der Waals surface area contributed by atoms with Crippen LogP contribution in [0.25, 0.3) is 0 Å². The van der Waals surface area contributed by atoms with Gasteiger partial charge in [-0.3, -0.25) is 0 Å². The van der Waals surface area contributed by atoms with E-state index in [0.717, 1.165) is 64.2 Å². The number of nitrogens with zero attached hydrogens (tertiary/aromatic N) is 2. The average molecular weight is 417 g/mol. The Morgan fingerprint density at radius 2 is 1.00 bits per heavy atom. The highest BCUT2D eigenvalue weighted by Gasteiger charge is 2.54.